The quantitative estimate of drug-likeness (QED) is 0.349. The second-order valence-electron chi connectivity index (χ2n) is 11.2. The lowest BCUT2D eigenvalue weighted by Crippen LogP contribution is -2.48. The minimum Gasteiger partial charge on any atom is -0.444 e. The average molecular weight is 540 g/mol. The average Bonchev–Trinajstić information content (AvgIpc) is 2.98. The van der Waals surface area contributed by atoms with E-state index in [1.165, 1.54) is 5.56 Å². The lowest BCUT2D eigenvalue weighted by atomic mass is 10.0. The fraction of sp³-hybridized carbons (Fsp3) is 0.667. The molecule has 7 nitrogen and oxygen atoms in total. The van der Waals surface area contributed by atoms with Gasteiger partial charge >= 0.3 is 6.09 Å². The lowest BCUT2D eigenvalue weighted by molar-refractivity contribution is 0.0470. The number of carbonyl (C=O) groups excluding carboxylic acids is 1. The molecule has 1 amide bonds. The Bertz CT molecular complexity index is 952. The third kappa shape index (κ3) is 8.38. The summed E-state index contributed by atoms with van der Waals surface area (Å²) in [7, 11) is -1.10. The number of piperidine rings is 1. The third-order valence-electron chi connectivity index (χ3n) is 5.61. The molecule has 1 fully saturated rings. The van der Waals surface area contributed by atoms with Gasteiger partial charge in [-0.25, -0.2) is 9.48 Å². The minimum absolute atomic E-state index is 0.111. The van der Waals surface area contributed by atoms with Crippen LogP contribution in [0, 0.1) is 0 Å². The first-order valence-corrected chi connectivity index (χ1v) is 16.3. The van der Waals surface area contributed by atoms with Crippen LogP contribution in [0.2, 0.25) is 25.7 Å². The van der Waals surface area contributed by atoms with Gasteiger partial charge in [0.05, 0.1) is 5.52 Å². The van der Waals surface area contributed by atoms with E-state index in [0.29, 0.717) is 6.73 Å². The van der Waals surface area contributed by atoms with Crippen LogP contribution < -0.4 is 5.32 Å². The standard InChI is InChI=1S/C24H39BrN4O3Si/c1-24(2,3)32-23(30)26-19-8-7-11-28(16-19)15-18-9-10-21-20(14-18)22(25)27-29(21)17-31-12-13-33(4,5)6/h9-10,14,19H,7-8,11-13,15-17H2,1-6H3,(H,26,30)/t19-/m1/s1. The number of hydrogen-bond donors (Lipinski definition) is 1. The monoisotopic (exact) mass is 538 g/mol. The van der Waals surface area contributed by atoms with Crippen LogP contribution in [0.4, 0.5) is 4.79 Å². The zero-order chi connectivity index (χ0) is 24.2. The fourth-order valence-electron chi connectivity index (χ4n) is 3.96. The van der Waals surface area contributed by atoms with Gasteiger partial charge in [0.15, 0.2) is 0 Å². The number of likely N-dealkylation sites (tertiary alicyclic amines) is 1. The molecule has 1 aliphatic rings. The van der Waals surface area contributed by atoms with E-state index in [1.54, 1.807) is 0 Å². The van der Waals surface area contributed by atoms with Crippen molar-refractivity contribution in [2.45, 2.75) is 84.2 Å². The van der Waals surface area contributed by atoms with E-state index < -0.39 is 13.7 Å². The molecule has 1 saturated heterocycles. The number of halogens is 1. The molecule has 3 rings (SSSR count). The summed E-state index contributed by atoms with van der Waals surface area (Å²) in [6, 6.07) is 7.76. The van der Waals surface area contributed by atoms with Crippen LogP contribution >= 0.6 is 15.9 Å². The van der Waals surface area contributed by atoms with E-state index in [2.05, 4.69) is 69.1 Å². The summed E-state index contributed by atoms with van der Waals surface area (Å²) in [6.45, 7) is 16.7. The van der Waals surface area contributed by atoms with Crippen molar-refractivity contribution in [3.8, 4) is 0 Å². The Kier molecular flexibility index (Phi) is 8.64. The van der Waals surface area contributed by atoms with Crippen LogP contribution in [0.3, 0.4) is 0 Å². The van der Waals surface area contributed by atoms with E-state index in [9.17, 15) is 4.79 Å². The van der Waals surface area contributed by atoms with Gasteiger partial charge in [-0.3, -0.25) is 4.90 Å². The van der Waals surface area contributed by atoms with Crippen molar-refractivity contribution in [3.05, 3.63) is 28.4 Å². The molecule has 1 atom stereocenters. The van der Waals surface area contributed by atoms with Crippen LogP contribution in [0.5, 0.6) is 0 Å². The molecule has 2 aromatic rings. The van der Waals surface area contributed by atoms with Gasteiger partial charge in [0.2, 0.25) is 0 Å². The number of benzene rings is 1. The molecule has 0 aliphatic carbocycles. The van der Waals surface area contributed by atoms with E-state index in [-0.39, 0.29) is 12.1 Å². The Balaban J connectivity index is 1.58. The molecule has 1 N–H and O–H groups in total. The van der Waals surface area contributed by atoms with Crippen molar-refractivity contribution >= 4 is 41.0 Å². The molecule has 2 heterocycles. The number of fused-ring (bicyclic) bond motifs is 1. The molecule has 184 valence electrons. The van der Waals surface area contributed by atoms with E-state index in [1.807, 2.05) is 25.5 Å². The van der Waals surface area contributed by atoms with Crippen molar-refractivity contribution in [1.29, 1.82) is 0 Å². The van der Waals surface area contributed by atoms with Gasteiger partial charge in [0.25, 0.3) is 0 Å². The van der Waals surface area contributed by atoms with E-state index >= 15 is 0 Å². The predicted octanol–water partition coefficient (Wildman–Crippen LogP) is 5.60. The molecule has 0 spiro atoms. The van der Waals surface area contributed by atoms with Crippen LogP contribution in [-0.4, -0.2) is 60.2 Å². The van der Waals surface area contributed by atoms with Crippen molar-refractivity contribution in [2.75, 3.05) is 19.7 Å². The maximum atomic E-state index is 12.1. The van der Waals surface area contributed by atoms with Gasteiger partial charge in [-0.1, -0.05) is 25.7 Å². The SMILES string of the molecule is CC(C)(C)OC(=O)N[C@@H]1CCCN(Cc2ccc3c(c2)c(Br)nn3COCC[Si](C)(C)C)C1. The lowest BCUT2D eigenvalue weighted by Gasteiger charge is -2.33. The maximum absolute atomic E-state index is 12.1. The number of alkyl carbamates (subject to hydrolysis) is 1. The van der Waals surface area contributed by atoms with Crippen LogP contribution in [0.15, 0.2) is 22.8 Å². The van der Waals surface area contributed by atoms with Gasteiger partial charge in [0.1, 0.15) is 16.9 Å². The zero-order valence-electron chi connectivity index (χ0n) is 20.9. The van der Waals surface area contributed by atoms with E-state index in [0.717, 1.165) is 60.6 Å². The summed E-state index contributed by atoms with van der Waals surface area (Å²) < 4.78 is 14.1. The highest BCUT2D eigenvalue weighted by atomic mass is 79.9. The van der Waals surface area contributed by atoms with Gasteiger partial charge in [0, 0.05) is 39.2 Å². The zero-order valence-corrected chi connectivity index (χ0v) is 23.5. The molecule has 9 heteroatoms. The first-order chi connectivity index (χ1) is 15.4. The van der Waals surface area contributed by atoms with Crippen molar-refractivity contribution in [3.63, 3.8) is 0 Å². The molecule has 0 bridgehead atoms. The maximum Gasteiger partial charge on any atom is 0.407 e. The van der Waals surface area contributed by atoms with E-state index in [4.69, 9.17) is 9.47 Å². The molecule has 0 unspecified atom stereocenters. The summed E-state index contributed by atoms with van der Waals surface area (Å²) >= 11 is 3.62. The van der Waals surface area contributed by atoms with Crippen LogP contribution in [-0.2, 0) is 22.7 Å². The molecule has 33 heavy (non-hydrogen) atoms. The van der Waals surface area contributed by atoms with Crippen molar-refractivity contribution in [2.24, 2.45) is 0 Å². The molecule has 1 aromatic heterocycles. The Morgan fingerprint density at radius 1 is 1.30 bits per heavy atom. The molecule has 1 aromatic carbocycles. The summed E-state index contributed by atoms with van der Waals surface area (Å²) in [5.41, 5.74) is 1.83. The smallest absolute Gasteiger partial charge is 0.407 e. The largest absolute Gasteiger partial charge is 0.444 e. The Hall–Kier alpha value is -1.42. The van der Waals surface area contributed by atoms with Crippen LogP contribution in [0.25, 0.3) is 10.9 Å². The summed E-state index contributed by atoms with van der Waals surface area (Å²) in [6.07, 6.45) is 1.70. The second-order valence-corrected chi connectivity index (χ2v) is 17.6. The highest BCUT2D eigenvalue weighted by Gasteiger charge is 2.24. The second kappa shape index (κ2) is 10.9. The third-order valence-corrected chi connectivity index (χ3v) is 7.90. The topological polar surface area (TPSA) is 68.6 Å². The first-order valence-electron chi connectivity index (χ1n) is 11.8. The number of hydrogen-bond acceptors (Lipinski definition) is 5. The van der Waals surface area contributed by atoms with Gasteiger partial charge in [-0.05, 0) is 79.8 Å². The van der Waals surface area contributed by atoms with Crippen molar-refractivity contribution in [1.82, 2.24) is 20.0 Å². The Morgan fingerprint density at radius 3 is 2.76 bits per heavy atom. The molecule has 0 saturated carbocycles. The van der Waals surface area contributed by atoms with Crippen LogP contribution in [0.1, 0.15) is 39.2 Å². The van der Waals surface area contributed by atoms with Gasteiger partial charge in [-0.15, -0.1) is 0 Å². The number of rotatable bonds is 8. The van der Waals surface area contributed by atoms with Crippen molar-refractivity contribution < 1.29 is 14.3 Å². The number of ether oxygens (including phenoxy) is 2. The summed E-state index contributed by atoms with van der Waals surface area (Å²) in [5, 5.41) is 8.76. The number of carbonyl (C=O) groups is 1. The highest BCUT2D eigenvalue weighted by Crippen LogP contribution is 2.26. The summed E-state index contributed by atoms with van der Waals surface area (Å²) in [4.78, 5) is 14.5. The predicted molar refractivity (Wildman–Crippen MR) is 139 cm³/mol. The van der Waals surface area contributed by atoms with Gasteiger partial charge in [-0.2, -0.15) is 5.10 Å². The molecule has 0 radical (unpaired) electrons. The van der Waals surface area contributed by atoms with Gasteiger partial charge < -0.3 is 14.8 Å². The highest BCUT2D eigenvalue weighted by molar-refractivity contribution is 9.10. The normalized spacial score (nSPS) is 18.0. The number of aromatic nitrogens is 2. The number of nitrogens with one attached hydrogen (secondary N) is 1. The fourth-order valence-corrected chi connectivity index (χ4v) is 5.23. The Labute approximate surface area is 207 Å². The molecule has 1 aliphatic heterocycles. The minimum atomic E-state index is -1.10. The summed E-state index contributed by atoms with van der Waals surface area (Å²) in [5.74, 6) is 0. The number of amides is 1. The molecular weight excluding hydrogens is 500 g/mol. The molecular formula is C24H39BrN4O3Si. The Morgan fingerprint density at radius 2 is 2.06 bits per heavy atom. The number of nitrogens with zero attached hydrogens (tertiary/aromatic N) is 3. The first kappa shape index (κ1) is 26.2.